The van der Waals surface area contributed by atoms with Gasteiger partial charge in [-0.05, 0) is 109 Å². The summed E-state index contributed by atoms with van der Waals surface area (Å²) in [4.78, 5) is 0. The summed E-state index contributed by atoms with van der Waals surface area (Å²) in [7, 11) is 0. The van der Waals surface area contributed by atoms with Crippen LogP contribution in [-0.2, 0) is 12.8 Å². The zero-order valence-corrected chi connectivity index (χ0v) is 28.0. The van der Waals surface area contributed by atoms with Crippen LogP contribution in [0.2, 0.25) is 0 Å². The monoisotopic (exact) mass is 630 g/mol. The van der Waals surface area contributed by atoms with E-state index in [0.717, 1.165) is 19.3 Å². The molecular formula is C47H38N2. The second kappa shape index (κ2) is 12.0. The van der Waals surface area contributed by atoms with Crippen molar-refractivity contribution in [2.75, 3.05) is 0 Å². The zero-order chi connectivity index (χ0) is 32.9. The van der Waals surface area contributed by atoms with Gasteiger partial charge < -0.3 is 9.13 Å². The van der Waals surface area contributed by atoms with Gasteiger partial charge in [-0.25, -0.2) is 0 Å². The van der Waals surface area contributed by atoms with Gasteiger partial charge >= 0.3 is 0 Å². The highest BCUT2D eigenvalue weighted by Crippen LogP contribution is 2.40. The summed E-state index contributed by atoms with van der Waals surface area (Å²) in [6.45, 7) is 4.31. The van der Waals surface area contributed by atoms with Crippen molar-refractivity contribution in [3.05, 3.63) is 180 Å². The Labute approximate surface area is 287 Å². The van der Waals surface area contributed by atoms with Gasteiger partial charge in [-0.15, -0.1) is 0 Å². The topological polar surface area (TPSA) is 9.86 Å². The van der Waals surface area contributed by atoms with E-state index in [-0.39, 0.29) is 0 Å². The van der Waals surface area contributed by atoms with Crippen molar-refractivity contribution in [3.8, 4) is 22.5 Å². The fraction of sp³-hybridized carbons (Fsp3) is 0.106. The van der Waals surface area contributed by atoms with E-state index in [1.165, 1.54) is 88.4 Å². The SMILES string of the molecule is Cc1ccc(CCCc2ccc(-c3cccc(-n4c5ccccc5c5cc6c(cc54)c4ccccc4n6-c4cccc(C)c4)c3)cc2)cc1. The summed E-state index contributed by atoms with van der Waals surface area (Å²) in [5.41, 5.74) is 15.1. The molecule has 0 unspecified atom stereocenters. The lowest BCUT2D eigenvalue weighted by Crippen LogP contribution is -1.95. The fourth-order valence-corrected chi connectivity index (χ4v) is 7.69. The van der Waals surface area contributed by atoms with Gasteiger partial charge in [0.15, 0.2) is 0 Å². The van der Waals surface area contributed by atoms with Crippen molar-refractivity contribution in [2.45, 2.75) is 33.1 Å². The first-order valence-corrected chi connectivity index (χ1v) is 17.4. The lowest BCUT2D eigenvalue weighted by Gasteiger charge is -2.11. The van der Waals surface area contributed by atoms with Crippen LogP contribution in [0.4, 0.5) is 0 Å². The average molecular weight is 631 g/mol. The highest BCUT2D eigenvalue weighted by atomic mass is 15.0. The fourth-order valence-electron chi connectivity index (χ4n) is 7.69. The van der Waals surface area contributed by atoms with Crippen LogP contribution in [0.5, 0.6) is 0 Å². The van der Waals surface area contributed by atoms with Crippen LogP contribution in [-0.4, -0.2) is 9.13 Å². The molecule has 49 heavy (non-hydrogen) atoms. The number of hydrogen-bond donors (Lipinski definition) is 0. The Morgan fingerprint density at radius 1 is 0.367 bits per heavy atom. The second-order valence-electron chi connectivity index (χ2n) is 13.5. The number of nitrogens with zero attached hydrogens (tertiary/aromatic N) is 2. The number of fused-ring (bicyclic) bond motifs is 6. The van der Waals surface area contributed by atoms with Gasteiger partial charge in [-0.3, -0.25) is 0 Å². The van der Waals surface area contributed by atoms with Crippen LogP contribution in [0.15, 0.2) is 158 Å². The molecule has 0 amide bonds. The summed E-state index contributed by atoms with van der Waals surface area (Å²) < 4.78 is 4.88. The molecule has 236 valence electrons. The van der Waals surface area contributed by atoms with Gasteiger partial charge in [0.2, 0.25) is 0 Å². The first kappa shape index (κ1) is 29.3. The predicted octanol–water partition coefficient (Wildman–Crippen LogP) is 12.3. The molecule has 9 rings (SSSR count). The van der Waals surface area contributed by atoms with E-state index in [0.29, 0.717) is 0 Å². The third-order valence-electron chi connectivity index (χ3n) is 10.2. The Morgan fingerprint density at radius 3 is 1.49 bits per heavy atom. The number of aromatic nitrogens is 2. The van der Waals surface area contributed by atoms with Crippen LogP contribution in [0.25, 0.3) is 66.1 Å². The van der Waals surface area contributed by atoms with Crippen molar-refractivity contribution in [2.24, 2.45) is 0 Å². The third-order valence-corrected chi connectivity index (χ3v) is 10.2. The molecule has 9 aromatic rings. The molecule has 2 heterocycles. The van der Waals surface area contributed by atoms with Crippen molar-refractivity contribution in [1.29, 1.82) is 0 Å². The standard InChI is InChI=1S/C47H38N2/c1-32-20-22-34(23-21-32)11-8-12-35-24-26-36(27-25-35)37-13-9-15-39(29-37)49-45-19-6-4-17-41(45)43-30-46-42(31-47(43)49)40-16-3-5-18-44(40)48(46)38-14-7-10-33(2)28-38/h3-7,9-10,13-31H,8,11-12H2,1-2H3. The van der Waals surface area contributed by atoms with Gasteiger partial charge in [-0.1, -0.05) is 115 Å². The minimum Gasteiger partial charge on any atom is -0.309 e. The number of para-hydroxylation sites is 2. The Morgan fingerprint density at radius 2 is 0.898 bits per heavy atom. The number of aryl methyl sites for hydroxylation is 4. The second-order valence-corrected chi connectivity index (χ2v) is 13.5. The van der Waals surface area contributed by atoms with Gasteiger partial charge in [0.1, 0.15) is 0 Å². The van der Waals surface area contributed by atoms with Crippen molar-refractivity contribution in [1.82, 2.24) is 9.13 Å². The Hall–Kier alpha value is -5.86. The Bertz CT molecular complexity index is 2630. The highest BCUT2D eigenvalue weighted by molar-refractivity contribution is 6.19. The number of rotatable bonds is 7. The molecule has 2 nitrogen and oxygen atoms in total. The molecule has 0 fully saturated rings. The van der Waals surface area contributed by atoms with E-state index in [1.54, 1.807) is 0 Å². The Balaban J connectivity index is 1.12. The average Bonchev–Trinajstić information content (AvgIpc) is 3.64. The molecule has 0 aliphatic heterocycles. The summed E-state index contributed by atoms with van der Waals surface area (Å²) in [5.74, 6) is 0. The highest BCUT2D eigenvalue weighted by Gasteiger charge is 2.18. The molecule has 2 heteroatoms. The van der Waals surface area contributed by atoms with Crippen molar-refractivity contribution >= 4 is 43.6 Å². The molecule has 0 saturated heterocycles. The lowest BCUT2D eigenvalue weighted by molar-refractivity contribution is 0.820. The molecule has 2 aromatic heterocycles. The number of hydrogen-bond acceptors (Lipinski definition) is 0. The van der Waals surface area contributed by atoms with Crippen LogP contribution < -0.4 is 0 Å². The molecule has 0 N–H and O–H groups in total. The minimum absolute atomic E-state index is 1.09. The van der Waals surface area contributed by atoms with Gasteiger partial charge in [0.25, 0.3) is 0 Å². The van der Waals surface area contributed by atoms with Crippen LogP contribution in [0, 0.1) is 13.8 Å². The van der Waals surface area contributed by atoms with Crippen molar-refractivity contribution < 1.29 is 0 Å². The Kier molecular flexibility index (Phi) is 7.16. The molecule has 0 aliphatic carbocycles. The summed E-state index contributed by atoms with van der Waals surface area (Å²) >= 11 is 0. The van der Waals surface area contributed by atoms with E-state index in [2.05, 4.69) is 181 Å². The summed E-state index contributed by atoms with van der Waals surface area (Å²) in [6.07, 6.45) is 3.36. The zero-order valence-electron chi connectivity index (χ0n) is 28.0. The van der Waals surface area contributed by atoms with E-state index < -0.39 is 0 Å². The van der Waals surface area contributed by atoms with Gasteiger partial charge in [0, 0.05) is 32.9 Å². The van der Waals surface area contributed by atoms with E-state index in [4.69, 9.17) is 0 Å². The predicted molar refractivity (Wildman–Crippen MR) is 208 cm³/mol. The van der Waals surface area contributed by atoms with Crippen LogP contribution in [0.1, 0.15) is 28.7 Å². The van der Waals surface area contributed by atoms with Gasteiger partial charge in [-0.2, -0.15) is 0 Å². The quantitative estimate of drug-likeness (QED) is 0.166. The lowest BCUT2D eigenvalue weighted by atomic mass is 10.00. The van der Waals surface area contributed by atoms with E-state index >= 15 is 0 Å². The molecule has 7 aromatic carbocycles. The van der Waals surface area contributed by atoms with Crippen molar-refractivity contribution in [3.63, 3.8) is 0 Å². The molecule has 0 aliphatic rings. The smallest absolute Gasteiger partial charge is 0.0548 e. The first-order valence-electron chi connectivity index (χ1n) is 17.4. The maximum atomic E-state index is 2.45. The third kappa shape index (κ3) is 5.21. The van der Waals surface area contributed by atoms with E-state index in [9.17, 15) is 0 Å². The minimum atomic E-state index is 1.09. The maximum Gasteiger partial charge on any atom is 0.0548 e. The van der Waals surface area contributed by atoms with Crippen LogP contribution >= 0.6 is 0 Å². The molecule has 0 bridgehead atoms. The first-order chi connectivity index (χ1) is 24.1. The molecule has 0 saturated carbocycles. The summed E-state index contributed by atoms with van der Waals surface area (Å²) in [5, 5.41) is 5.06. The summed E-state index contributed by atoms with van der Waals surface area (Å²) in [6, 6.07) is 58.4. The van der Waals surface area contributed by atoms with Crippen LogP contribution in [0.3, 0.4) is 0 Å². The largest absolute Gasteiger partial charge is 0.309 e. The van der Waals surface area contributed by atoms with Gasteiger partial charge in [0.05, 0.1) is 22.1 Å². The molecule has 0 atom stereocenters. The molecular weight excluding hydrogens is 593 g/mol. The normalized spacial score (nSPS) is 11.7. The number of benzene rings is 7. The molecule has 0 radical (unpaired) electrons. The maximum absolute atomic E-state index is 2.45. The molecule has 0 spiro atoms. The van der Waals surface area contributed by atoms with E-state index in [1.807, 2.05) is 0 Å².